The van der Waals surface area contributed by atoms with Crippen molar-refractivity contribution >= 4 is 11.8 Å². The molecular formula is C28H38O6. The van der Waals surface area contributed by atoms with E-state index in [4.69, 9.17) is 4.74 Å². The first-order valence-corrected chi connectivity index (χ1v) is 12.9. The molecule has 1 aromatic carbocycles. The fourth-order valence-electron chi connectivity index (χ4n) is 8.79. The molecule has 0 amide bonds. The van der Waals surface area contributed by atoms with Crippen molar-refractivity contribution in [2.24, 2.45) is 28.6 Å². The van der Waals surface area contributed by atoms with Crippen molar-refractivity contribution in [1.82, 2.24) is 0 Å². The molecule has 6 heteroatoms. The van der Waals surface area contributed by atoms with Gasteiger partial charge in [-0.3, -0.25) is 4.79 Å². The Morgan fingerprint density at radius 2 is 1.68 bits per heavy atom. The Labute approximate surface area is 201 Å². The quantitative estimate of drug-likeness (QED) is 0.583. The molecule has 1 aromatic rings. The fraction of sp³-hybridized carbons (Fsp3) is 0.714. The third-order valence-corrected chi connectivity index (χ3v) is 10.7. The molecule has 4 fully saturated rings. The van der Waals surface area contributed by atoms with E-state index in [1.54, 1.807) is 24.3 Å². The summed E-state index contributed by atoms with van der Waals surface area (Å²) in [5, 5.41) is 35.1. The molecule has 0 aliphatic heterocycles. The molecule has 6 nitrogen and oxygen atoms in total. The lowest BCUT2D eigenvalue weighted by Gasteiger charge is -2.68. The summed E-state index contributed by atoms with van der Waals surface area (Å²) in [5.74, 6) is -1.05. The number of rotatable bonds is 3. The Morgan fingerprint density at radius 3 is 2.35 bits per heavy atom. The highest BCUT2D eigenvalue weighted by Crippen LogP contribution is 2.71. The van der Waals surface area contributed by atoms with E-state index >= 15 is 0 Å². The number of carbonyl (C=O) groups is 2. The van der Waals surface area contributed by atoms with Crippen LogP contribution in [-0.4, -0.2) is 50.5 Å². The van der Waals surface area contributed by atoms with Gasteiger partial charge < -0.3 is 20.1 Å². The second-order valence-electron chi connectivity index (χ2n) is 12.0. The number of fused-ring (bicyclic) bond motifs is 5. The summed E-state index contributed by atoms with van der Waals surface area (Å²) in [7, 11) is 0. The standard InChI is InChI=1S/C28H38O6/c1-17(29)21-11-14-28(33)26(21,3)23(34-24(31)18-7-5-4-6-8-18)16-22-25(2)12-10-20(30)15-19(25)9-13-27(22,28)32/h4-8,19-23,30,32-33H,9-16H2,1-3H3/t19-,20-,21-,22-,23-,25-,26-,27-,28+/m0/s1. The van der Waals surface area contributed by atoms with Crippen LogP contribution in [0.2, 0.25) is 0 Å². The highest BCUT2D eigenvalue weighted by atomic mass is 16.5. The maximum atomic E-state index is 13.2. The number of carbonyl (C=O) groups excluding carboxylic acids is 2. The molecule has 0 unspecified atom stereocenters. The Balaban J connectivity index is 1.59. The van der Waals surface area contributed by atoms with Crippen LogP contribution in [0.1, 0.15) is 82.5 Å². The van der Waals surface area contributed by atoms with Gasteiger partial charge in [-0.1, -0.05) is 32.0 Å². The molecule has 4 aliphatic rings. The second kappa shape index (κ2) is 7.87. The Bertz CT molecular complexity index is 978. The Kier molecular flexibility index (Phi) is 5.55. The third kappa shape index (κ3) is 3.04. The monoisotopic (exact) mass is 470 g/mol. The van der Waals surface area contributed by atoms with Gasteiger partial charge in [-0.2, -0.15) is 0 Å². The van der Waals surface area contributed by atoms with Crippen LogP contribution < -0.4 is 0 Å². The minimum atomic E-state index is -1.54. The molecule has 0 bridgehead atoms. The molecule has 0 radical (unpaired) electrons. The summed E-state index contributed by atoms with van der Waals surface area (Å²) in [6.45, 7) is 5.56. The molecule has 0 aromatic heterocycles. The number of aliphatic hydroxyl groups is 3. The molecular weight excluding hydrogens is 432 g/mol. The number of ether oxygens (including phenoxy) is 1. The molecule has 0 spiro atoms. The van der Waals surface area contributed by atoms with Crippen LogP contribution in [0.25, 0.3) is 0 Å². The van der Waals surface area contributed by atoms with Crippen molar-refractivity contribution in [1.29, 1.82) is 0 Å². The third-order valence-electron chi connectivity index (χ3n) is 10.7. The Morgan fingerprint density at radius 1 is 0.971 bits per heavy atom. The van der Waals surface area contributed by atoms with Crippen molar-refractivity contribution in [3.8, 4) is 0 Å². The number of hydrogen-bond acceptors (Lipinski definition) is 6. The lowest BCUT2D eigenvalue weighted by Crippen LogP contribution is -2.76. The van der Waals surface area contributed by atoms with Crippen molar-refractivity contribution in [2.45, 2.75) is 95.5 Å². The van der Waals surface area contributed by atoms with Gasteiger partial charge in [-0.15, -0.1) is 0 Å². The zero-order valence-corrected chi connectivity index (χ0v) is 20.5. The van der Waals surface area contributed by atoms with E-state index in [2.05, 4.69) is 6.92 Å². The summed E-state index contributed by atoms with van der Waals surface area (Å²) >= 11 is 0. The predicted molar refractivity (Wildman–Crippen MR) is 126 cm³/mol. The van der Waals surface area contributed by atoms with Crippen LogP contribution in [0.3, 0.4) is 0 Å². The van der Waals surface area contributed by atoms with E-state index < -0.39 is 34.6 Å². The van der Waals surface area contributed by atoms with Crippen LogP contribution in [0, 0.1) is 28.6 Å². The minimum Gasteiger partial charge on any atom is -0.458 e. The van der Waals surface area contributed by atoms with Gasteiger partial charge in [0.2, 0.25) is 0 Å². The zero-order chi connectivity index (χ0) is 24.5. The van der Waals surface area contributed by atoms with Crippen LogP contribution in [-0.2, 0) is 9.53 Å². The van der Waals surface area contributed by atoms with Crippen LogP contribution in [0.15, 0.2) is 30.3 Å². The van der Waals surface area contributed by atoms with Gasteiger partial charge >= 0.3 is 5.97 Å². The second-order valence-corrected chi connectivity index (χ2v) is 12.0. The minimum absolute atomic E-state index is 0.0399. The zero-order valence-electron chi connectivity index (χ0n) is 20.5. The van der Waals surface area contributed by atoms with Gasteiger partial charge in [0, 0.05) is 11.3 Å². The summed E-state index contributed by atoms with van der Waals surface area (Å²) in [6.07, 6.45) is 3.44. The number of Topliss-reactive ketones (excluding diaryl/α,β-unsaturated/α-hetero) is 1. The van der Waals surface area contributed by atoms with Gasteiger partial charge in [0.25, 0.3) is 0 Å². The number of ketones is 1. The average Bonchev–Trinajstić information content (AvgIpc) is 3.10. The maximum absolute atomic E-state index is 13.2. The average molecular weight is 471 g/mol. The van der Waals surface area contributed by atoms with E-state index in [0.717, 1.165) is 12.8 Å². The number of benzene rings is 1. The summed E-state index contributed by atoms with van der Waals surface area (Å²) in [6, 6.07) is 8.80. The van der Waals surface area contributed by atoms with Gasteiger partial charge in [-0.25, -0.2) is 4.79 Å². The summed E-state index contributed by atoms with van der Waals surface area (Å²) < 4.78 is 6.17. The molecule has 4 aliphatic carbocycles. The number of aliphatic hydroxyl groups excluding tert-OH is 1. The molecule has 186 valence electrons. The van der Waals surface area contributed by atoms with Gasteiger partial charge in [0.1, 0.15) is 17.5 Å². The smallest absolute Gasteiger partial charge is 0.338 e. The number of esters is 1. The first-order valence-electron chi connectivity index (χ1n) is 12.9. The molecule has 5 rings (SSSR count). The number of hydrogen-bond donors (Lipinski definition) is 3. The van der Waals surface area contributed by atoms with E-state index in [9.17, 15) is 24.9 Å². The van der Waals surface area contributed by atoms with Crippen molar-refractivity contribution in [3.63, 3.8) is 0 Å². The lowest BCUT2D eigenvalue weighted by molar-refractivity contribution is -0.318. The highest BCUT2D eigenvalue weighted by molar-refractivity contribution is 5.89. The summed E-state index contributed by atoms with van der Waals surface area (Å²) in [5.41, 5.74) is -3.83. The lowest BCUT2D eigenvalue weighted by atomic mass is 9.40. The fourth-order valence-corrected chi connectivity index (χ4v) is 8.79. The van der Waals surface area contributed by atoms with Gasteiger partial charge in [0.15, 0.2) is 0 Å². The van der Waals surface area contributed by atoms with Crippen LogP contribution in [0.5, 0.6) is 0 Å². The van der Waals surface area contributed by atoms with E-state index in [1.807, 2.05) is 13.0 Å². The topological polar surface area (TPSA) is 104 Å². The first kappa shape index (κ1) is 24.0. The molecule has 9 atom stereocenters. The Hall–Kier alpha value is -1.76. The highest BCUT2D eigenvalue weighted by Gasteiger charge is 2.77. The van der Waals surface area contributed by atoms with Gasteiger partial charge in [-0.05, 0) is 87.7 Å². The maximum Gasteiger partial charge on any atom is 0.338 e. The van der Waals surface area contributed by atoms with E-state index in [1.165, 1.54) is 6.92 Å². The van der Waals surface area contributed by atoms with Gasteiger partial charge in [0.05, 0.1) is 17.3 Å². The van der Waals surface area contributed by atoms with E-state index in [0.29, 0.717) is 44.1 Å². The summed E-state index contributed by atoms with van der Waals surface area (Å²) in [4.78, 5) is 26.0. The van der Waals surface area contributed by atoms with Crippen molar-refractivity contribution in [2.75, 3.05) is 0 Å². The predicted octanol–water partition coefficient (Wildman–Crippen LogP) is 3.66. The van der Waals surface area contributed by atoms with Crippen LogP contribution in [0.4, 0.5) is 0 Å². The van der Waals surface area contributed by atoms with Crippen molar-refractivity contribution in [3.05, 3.63) is 35.9 Å². The molecule has 4 saturated carbocycles. The first-order chi connectivity index (χ1) is 16.0. The largest absolute Gasteiger partial charge is 0.458 e. The SMILES string of the molecule is CC(=O)[C@@H]1CC[C@@]2(O)[C@]1(C)[C@@H](OC(=O)c1ccccc1)C[C@H]1[C@@]3(C)CC[C@H](O)C[C@@H]3CC[C@]12O. The van der Waals surface area contributed by atoms with Crippen molar-refractivity contribution < 1.29 is 29.6 Å². The van der Waals surface area contributed by atoms with Crippen LogP contribution >= 0.6 is 0 Å². The molecule has 0 heterocycles. The molecule has 3 N–H and O–H groups in total. The molecule has 0 saturated heterocycles. The normalized spacial score (nSPS) is 47.8. The molecule has 34 heavy (non-hydrogen) atoms. The van der Waals surface area contributed by atoms with E-state index in [-0.39, 0.29) is 29.1 Å².